The van der Waals surface area contributed by atoms with Crippen molar-refractivity contribution >= 4 is 10.0 Å². The van der Waals surface area contributed by atoms with Crippen LogP contribution in [0.15, 0.2) is 0 Å². The smallest absolute Gasteiger partial charge is 0.211 e. The lowest BCUT2D eigenvalue weighted by Gasteiger charge is -2.06. The third-order valence-electron chi connectivity index (χ3n) is 3.80. The fourth-order valence-corrected chi connectivity index (χ4v) is 3.59. The van der Waals surface area contributed by atoms with Crippen LogP contribution in [0, 0.1) is 11.3 Å². The highest BCUT2D eigenvalue weighted by molar-refractivity contribution is 7.89. The summed E-state index contributed by atoms with van der Waals surface area (Å²) >= 11 is 0. The summed E-state index contributed by atoms with van der Waals surface area (Å²) in [5.74, 6) is 0.260. The number of hydrogen-bond acceptors (Lipinski definition) is 3. The van der Waals surface area contributed by atoms with Crippen LogP contribution in [0.3, 0.4) is 0 Å². The fraction of sp³-hybridized carbons (Fsp3) is 0.941. The zero-order valence-electron chi connectivity index (χ0n) is 14.3. The van der Waals surface area contributed by atoms with Crippen molar-refractivity contribution < 1.29 is 8.42 Å². The molecule has 0 aromatic rings. The van der Waals surface area contributed by atoms with E-state index in [1.54, 1.807) is 0 Å². The summed E-state index contributed by atoms with van der Waals surface area (Å²) in [4.78, 5) is 0. The van der Waals surface area contributed by atoms with Crippen molar-refractivity contribution in [3.05, 3.63) is 0 Å². The minimum Gasteiger partial charge on any atom is -0.215 e. The second-order valence-corrected chi connectivity index (χ2v) is 7.94. The van der Waals surface area contributed by atoms with Crippen LogP contribution in [0.5, 0.6) is 0 Å². The minimum absolute atomic E-state index is 0.260. The first-order valence-corrected chi connectivity index (χ1v) is 10.6. The molecule has 1 N–H and O–H groups in total. The van der Waals surface area contributed by atoms with Crippen molar-refractivity contribution in [1.29, 1.82) is 5.26 Å². The summed E-state index contributed by atoms with van der Waals surface area (Å²) in [7, 11) is -3.08. The van der Waals surface area contributed by atoms with E-state index in [1.807, 2.05) is 0 Å². The Hall–Kier alpha value is -0.600. The van der Waals surface area contributed by atoms with E-state index in [-0.39, 0.29) is 5.75 Å². The number of sulfonamides is 1. The normalized spacial score (nSPS) is 11.5. The summed E-state index contributed by atoms with van der Waals surface area (Å²) in [6.45, 7) is 2.75. The fourth-order valence-electron chi connectivity index (χ4n) is 2.41. The zero-order valence-corrected chi connectivity index (χ0v) is 15.1. The minimum atomic E-state index is -3.08. The Balaban J connectivity index is 3.40. The first-order valence-electron chi connectivity index (χ1n) is 8.96. The quantitative estimate of drug-likeness (QED) is 0.423. The van der Waals surface area contributed by atoms with Crippen molar-refractivity contribution in [2.45, 2.75) is 90.4 Å². The van der Waals surface area contributed by atoms with Gasteiger partial charge in [-0.3, -0.25) is 0 Å². The topological polar surface area (TPSA) is 70.0 Å². The van der Waals surface area contributed by atoms with Gasteiger partial charge in [0, 0.05) is 13.0 Å². The van der Waals surface area contributed by atoms with Crippen LogP contribution < -0.4 is 4.72 Å². The molecule has 0 saturated carbocycles. The molecule has 0 aliphatic heterocycles. The molecule has 130 valence electrons. The maximum absolute atomic E-state index is 11.8. The average Bonchev–Trinajstić information content (AvgIpc) is 2.49. The molecule has 0 saturated heterocycles. The van der Waals surface area contributed by atoms with Crippen LogP contribution in [0.25, 0.3) is 0 Å². The molecular formula is C17H34N2O2S. The second-order valence-electron chi connectivity index (χ2n) is 6.01. The highest BCUT2D eigenvalue weighted by atomic mass is 32.2. The van der Waals surface area contributed by atoms with Gasteiger partial charge in [0.2, 0.25) is 10.0 Å². The van der Waals surface area contributed by atoms with Gasteiger partial charge in [0.05, 0.1) is 11.8 Å². The molecule has 0 aliphatic rings. The average molecular weight is 331 g/mol. The van der Waals surface area contributed by atoms with Gasteiger partial charge >= 0.3 is 0 Å². The molecule has 22 heavy (non-hydrogen) atoms. The Morgan fingerprint density at radius 3 is 2.00 bits per heavy atom. The largest absolute Gasteiger partial charge is 0.215 e. The molecule has 0 aromatic heterocycles. The number of nitriles is 1. The predicted molar refractivity (Wildman–Crippen MR) is 93.1 cm³/mol. The molecule has 0 amide bonds. The molecule has 0 bridgehead atoms. The van der Waals surface area contributed by atoms with Gasteiger partial charge in [0.25, 0.3) is 0 Å². The molecule has 0 aliphatic carbocycles. The Bertz CT molecular complexity index is 375. The van der Waals surface area contributed by atoms with Crippen LogP contribution in [0.1, 0.15) is 90.4 Å². The number of unbranched alkanes of at least 4 members (excludes halogenated alkanes) is 11. The van der Waals surface area contributed by atoms with Crippen LogP contribution in [-0.2, 0) is 10.0 Å². The Morgan fingerprint density at radius 2 is 1.36 bits per heavy atom. The second kappa shape index (κ2) is 15.3. The third kappa shape index (κ3) is 15.8. The lowest BCUT2D eigenvalue weighted by molar-refractivity contribution is 0.559. The predicted octanol–water partition coefficient (Wildman–Crippen LogP) is 4.52. The van der Waals surface area contributed by atoms with E-state index in [2.05, 4.69) is 17.7 Å². The summed E-state index contributed by atoms with van der Waals surface area (Å²) in [6.07, 6.45) is 13.7. The van der Waals surface area contributed by atoms with Crippen LogP contribution in [-0.4, -0.2) is 20.7 Å². The first-order chi connectivity index (χ1) is 10.6. The molecular weight excluding hydrogens is 296 g/mol. The Labute approximate surface area is 137 Å². The maximum atomic E-state index is 11.8. The van der Waals surface area contributed by atoms with Crippen molar-refractivity contribution in [2.75, 3.05) is 12.3 Å². The van der Waals surface area contributed by atoms with E-state index in [0.29, 0.717) is 13.0 Å². The molecule has 0 spiro atoms. The summed E-state index contributed by atoms with van der Waals surface area (Å²) < 4.78 is 26.2. The van der Waals surface area contributed by atoms with Crippen molar-refractivity contribution in [2.24, 2.45) is 0 Å². The van der Waals surface area contributed by atoms with Gasteiger partial charge in [-0.15, -0.1) is 0 Å². The van der Waals surface area contributed by atoms with Gasteiger partial charge in [0.15, 0.2) is 0 Å². The molecule has 0 unspecified atom stereocenters. The maximum Gasteiger partial charge on any atom is 0.211 e. The van der Waals surface area contributed by atoms with E-state index in [4.69, 9.17) is 5.26 Å². The molecule has 0 radical (unpaired) electrons. The van der Waals surface area contributed by atoms with Gasteiger partial charge in [0.1, 0.15) is 0 Å². The van der Waals surface area contributed by atoms with Gasteiger partial charge < -0.3 is 0 Å². The molecule has 4 nitrogen and oxygen atoms in total. The standard InChI is InChI=1S/C17H34N2O2S/c1-2-3-4-5-6-7-11-14-17-22(20,21)19-16-13-10-8-9-12-15-18/h19H,2-14,16-17H2,1H3. The zero-order chi connectivity index (χ0) is 16.5. The van der Waals surface area contributed by atoms with Gasteiger partial charge in [-0.05, 0) is 19.3 Å². The Kier molecular flexibility index (Phi) is 14.9. The molecule has 0 rings (SSSR count). The molecule has 0 atom stereocenters. The highest BCUT2D eigenvalue weighted by Crippen LogP contribution is 2.09. The lowest BCUT2D eigenvalue weighted by atomic mass is 10.1. The van der Waals surface area contributed by atoms with E-state index >= 15 is 0 Å². The number of nitrogens with one attached hydrogen (secondary N) is 1. The van der Waals surface area contributed by atoms with Crippen molar-refractivity contribution in [3.8, 4) is 6.07 Å². The summed E-state index contributed by atoms with van der Waals surface area (Å²) in [5.41, 5.74) is 0. The molecule has 0 aromatic carbocycles. The summed E-state index contributed by atoms with van der Waals surface area (Å²) in [5, 5.41) is 8.41. The first kappa shape index (κ1) is 21.4. The van der Waals surface area contributed by atoms with Crippen molar-refractivity contribution in [3.63, 3.8) is 0 Å². The van der Waals surface area contributed by atoms with Gasteiger partial charge in [-0.1, -0.05) is 64.7 Å². The Morgan fingerprint density at radius 1 is 0.818 bits per heavy atom. The number of nitrogens with zero attached hydrogens (tertiary/aromatic N) is 1. The SMILES string of the molecule is CCCCCCCCCCS(=O)(=O)NCCCCCCC#N. The van der Waals surface area contributed by atoms with E-state index in [9.17, 15) is 8.42 Å². The van der Waals surface area contributed by atoms with Gasteiger partial charge in [-0.2, -0.15) is 5.26 Å². The van der Waals surface area contributed by atoms with Crippen LogP contribution >= 0.6 is 0 Å². The lowest BCUT2D eigenvalue weighted by Crippen LogP contribution is -2.27. The molecule has 0 fully saturated rings. The highest BCUT2D eigenvalue weighted by Gasteiger charge is 2.08. The number of rotatable bonds is 16. The molecule has 5 heteroatoms. The monoisotopic (exact) mass is 330 g/mol. The molecule has 0 heterocycles. The van der Waals surface area contributed by atoms with E-state index in [0.717, 1.165) is 44.9 Å². The van der Waals surface area contributed by atoms with Crippen molar-refractivity contribution in [1.82, 2.24) is 4.72 Å². The van der Waals surface area contributed by atoms with Crippen LogP contribution in [0.4, 0.5) is 0 Å². The van der Waals surface area contributed by atoms with E-state index in [1.165, 1.54) is 32.1 Å². The summed E-state index contributed by atoms with van der Waals surface area (Å²) in [6, 6.07) is 2.12. The number of hydrogen-bond donors (Lipinski definition) is 1. The third-order valence-corrected chi connectivity index (χ3v) is 5.27. The van der Waals surface area contributed by atoms with Gasteiger partial charge in [-0.25, -0.2) is 13.1 Å². The van der Waals surface area contributed by atoms with E-state index < -0.39 is 10.0 Å². The van der Waals surface area contributed by atoms with Crippen LogP contribution in [0.2, 0.25) is 0 Å².